The maximum Gasteiger partial charge on any atom is 0.573 e. The lowest BCUT2D eigenvalue weighted by Crippen LogP contribution is -2.42. The van der Waals surface area contributed by atoms with E-state index in [2.05, 4.69) is 21.8 Å². The lowest BCUT2D eigenvalue weighted by atomic mass is 9.77. The summed E-state index contributed by atoms with van der Waals surface area (Å²) in [6, 6.07) is 15.9. The molecule has 4 rings (SSSR count). The molecular formula is C25H31ClF3N3O2. The van der Waals surface area contributed by atoms with Crippen molar-refractivity contribution in [1.29, 1.82) is 0 Å². The minimum atomic E-state index is -4.71. The standard InChI is InChI=1S/C25H30F3N3O2.ClH/c26-25(27,28)33-21-8-6-19(7-9-21)17-31-18-24(16-23(31)32)11-14-30(15-12-24)13-10-22(29)20-4-2-1-3-5-20;/h1-9,22H,10-18,29H2;1H/t22-;/m0./s1. The minimum absolute atomic E-state index is 0. The van der Waals surface area contributed by atoms with Crippen LogP contribution in [0.2, 0.25) is 0 Å². The highest BCUT2D eigenvalue weighted by atomic mass is 35.5. The number of alkyl halides is 3. The van der Waals surface area contributed by atoms with Gasteiger partial charge in [-0.1, -0.05) is 42.5 Å². The average molecular weight is 498 g/mol. The van der Waals surface area contributed by atoms with Gasteiger partial charge >= 0.3 is 6.36 Å². The molecule has 0 aromatic heterocycles. The number of rotatable bonds is 7. The second-order valence-electron chi connectivity index (χ2n) is 9.27. The van der Waals surface area contributed by atoms with Crippen LogP contribution in [0.15, 0.2) is 54.6 Å². The topological polar surface area (TPSA) is 58.8 Å². The fourth-order valence-corrected chi connectivity index (χ4v) is 4.92. The molecule has 2 aromatic carbocycles. The molecule has 34 heavy (non-hydrogen) atoms. The number of hydrogen-bond acceptors (Lipinski definition) is 4. The highest BCUT2D eigenvalue weighted by molar-refractivity contribution is 5.85. The zero-order chi connectivity index (χ0) is 23.5. The SMILES string of the molecule is Cl.N[C@@H](CCN1CCC2(CC1)CC(=O)N(Cc1ccc(OC(F)(F)F)cc1)C2)c1ccccc1. The number of piperidine rings is 1. The van der Waals surface area contributed by atoms with E-state index in [0.717, 1.165) is 50.0 Å². The van der Waals surface area contributed by atoms with Gasteiger partial charge in [0.2, 0.25) is 5.91 Å². The van der Waals surface area contributed by atoms with E-state index in [1.165, 1.54) is 12.1 Å². The van der Waals surface area contributed by atoms with Crippen molar-refractivity contribution >= 4 is 18.3 Å². The predicted molar refractivity (Wildman–Crippen MR) is 127 cm³/mol. The Morgan fingerprint density at radius 3 is 2.29 bits per heavy atom. The van der Waals surface area contributed by atoms with Crippen LogP contribution in [0.5, 0.6) is 5.75 Å². The van der Waals surface area contributed by atoms with Crippen molar-refractivity contribution in [2.45, 2.75) is 44.6 Å². The summed E-state index contributed by atoms with van der Waals surface area (Å²) >= 11 is 0. The van der Waals surface area contributed by atoms with Gasteiger partial charge in [-0.05, 0) is 67.6 Å². The van der Waals surface area contributed by atoms with E-state index in [0.29, 0.717) is 19.5 Å². The van der Waals surface area contributed by atoms with Crippen LogP contribution in [-0.4, -0.2) is 48.2 Å². The monoisotopic (exact) mass is 497 g/mol. The molecule has 2 fully saturated rings. The normalized spacial score (nSPS) is 19.2. The van der Waals surface area contributed by atoms with Gasteiger partial charge in [-0.25, -0.2) is 0 Å². The lowest BCUT2D eigenvalue weighted by molar-refractivity contribution is -0.274. The van der Waals surface area contributed by atoms with Crippen LogP contribution in [0.25, 0.3) is 0 Å². The molecule has 2 heterocycles. The third-order valence-corrected chi connectivity index (χ3v) is 6.84. The van der Waals surface area contributed by atoms with E-state index in [4.69, 9.17) is 5.73 Å². The fraction of sp³-hybridized carbons (Fsp3) is 0.480. The Kier molecular flexibility index (Phi) is 8.49. The van der Waals surface area contributed by atoms with Gasteiger partial charge in [0.15, 0.2) is 0 Å². The van der Waals surface area contributed by atoms with E-state index in [1.807, 2.05) is 23.1 Å². The number of carbonyl (C=O) groups excluding carboxylic acids is 1. The van der Waals surface area contributed by atoms with E-state index >= 15 is 0 Å². The largest absolute Gasteiger partial charge is 0.573 e. The van der Waals surface area contributed by atoms with Crippen LogP contribution in [0.4, 0.5) is 13.2 Å². The van der Waals surface area contributed by atoms with Gasteiger partial charge in [-0.15, -0.1) is 25.6 Å². The van der Waals surface area contributed by atoms with Gasteiger partial charge in [0, 0.05) is 25.6 Å². The number of carbonyl (C=O) groups is 1. The zero-order valence-electron chi connectivity index (χ0n) is 19.0. The summed E-state index contributed by atoms with van der Waals surface area (Å²) < 4.78 is 40.9. The van der Waals surface area contributed by atoms with Crippen molar-refractivity contribution in [3.63, 3.8) is 0 Å². The van der Waals surface area contributed by atoms with E-state index in [-0.39, 0.29) is 35.5 Å². The first-order valence-electron chi connectivity index (χ1n) is 11.4. The van der Waals surface area contributed by atoms with Gasteiger partial charge in [0.05, 0.1) is 0 Å². The molecule has 0 radical (unpaired) electrons. The van der Waals surface area contributed by atoms with Gasteiger partial charge in [0.1, 0.15) is 5.75 Å². The molecule has 0 bridgehead atoms. The molecule has 5 nitrogen and oxygen atoms in total. The predicted octanol–water partition coefficient (Wildman–Crippen LogP) is 4.91. The van der Waals surface area contributed by atoms with Crippen molar-refractivity contribution in [3.8, 4) is 5.75 Å². The molecule has 2 aromatic rings. The summed E-state index contributed by atoms with van der Waals surface area (Å²) in [6.45, 7) is 3.95. The van der Waals surface area contributed by atoms with Gasteiger partial charge in [0.25, 0.3) is 0 Å². The molecule has 1 atom stereocenters. The van der Waals surface area contributed by atoms with Gasteiger partial charge in [-0.3, -0.25) is 4.79 Å². The van der Waals surface area contributed by atoms with E-state index < -0.39 is 6.36 Å². The zero-order valence-corrected chi connectivity index (χ0v) is 19.8. The smallest absolute Gasteiger partial charge is 0.406 e. The number of benzene rings is 2. The molecule has 2 saturated heterocycles. The summed E-state index contributed by atoms with van der Waals surface area (Å²) in [6.07, 6.45) is -1.33. The van der Waals surface area contributed by atoms with E-state index in [9.17, 15) is 18.0 Å². The third kappa shape index (κ3) is 6.87. The molecule has 1 amide bonds. The molecule has 9 heteroatoms. The molecule has 186 valence electrons. The summed E-state index contributed by atoms with van der Waals surface area (Å²) in [5, 5.41) is 0. The Morgan fingerprint density at radius 1 is 1.03 bits per heavy atom. The fourth-order valence-electron chi connectivity index (χ4n) is 4.92. The number of halogens is 4. The summed E-state index contributed by atoms with van der Waals surface area (Å²) in [7, 11) is 0. The molecule has 0 saturated carbocycles. The second-order valence-corrected chi connectivity index (χ2v) is 9.27. The van der Waals surface area contributed by atoms with Crippen LogP contribution >= 0.6 is 12.4 Å². The third-order valence-electron chi connectivity index (χ3n) is 6.84. The first-order valence-corrected chi connectivity index (χ1v) is 11.4. The molecule has 0 unspecified atom stereocenters. The van der Waals surface area contributed by atoms with Crippen LogP contribution in [0.1, 0.15) is 42.9 Å². The molecule has 1 spiro atoms. The van der Waals surface area contributed by atoms with Crippen molar-refractivity contribution in [1.82, 2.24) is 9.80 Å². The highest BCUT2D eigenvalue weighted by Crippen LogP contribution is 2.41. The van der Waals surface area contributed by atoms with Gasteiger partial charge in [-0.2, -0.15) is 0 Å². The Labute approximate surface area is 204 Å². The number of nitrogens with two attached hydrogens (primary N) is 1. The summed E-state index contributed by atoms with van der Waals surface area (Å²) in [5.41, 5.74) is 8.28. The van der Waals surface area contributed by atoms with E-state index in [1.54, 1.807) is 12.1 Å². The van der Waals surface area contributed by atoms with Crippen molar-refractivity contribution < 1.29 is 22.7 Å². The van der Waals surface area contributed by atoms with Crippen LogP contribution < -0.4 is 10.5 Å². The first kappa shape index (κ1) is 26.3. The second kappa shape index (κ2) is 11.0. The Hall–Kier alpha value is -2.29. The first-order chi connectivity index (χ1) is 15.7. The van der Waals surface area contributed by atoms with Crippen LogP contribution in [0, 0.1) is 5.41 Å². The van der Waals surface area contributed by atoms with Crippen LogP contribution in [0.3, 0.4) is 0 Å². The summed E-state index contributed by atoms with van der Waals surface area (Å²) in [4.78, 5) is 16.9. The van der Waals surface area contributed by atoms with Crippen molar-refractivity contribution in [2.75, 3.05) is 26.2 Å². The van der Waals surface area contributed by atoms with Crippen molar-refractivity contribution in [3.05, 3.63) is 65.7 Å². The Morgan fingerprint density at radius 2 is 1.68 bits per heavy atom. The minimum Gasteiger partial charge on any atom is -0.406 e. The molecule has 2 aliphatic heterocycles. The average Bonchev–Trinajstić information content (AvgIpc) is 3.08. The summed E-state index contributed by atoms with van der Waals surface area (Å²) in [5.74, 6) is -0.139. The van der Waals surface area contributed by atoms with Crippen LogP contribution in [-0.2, 0) is 11.3 Å². The number of nitrogens with zero attached hydrogens (tertiary/aromatic N) is 2. The number of hydrogen-bond donors (Lipinski definition) is 1. The highest BCUT2D eigenvalue weighted by Gasteiger charge is 2.44. The molecule has 0 aliphatic carbocycles. The number of amides is 1. The number of likely N-dealkylation sites (tertiary alicyclic amines) is 2. The van der Waals surface area contributed by atoms with Crippen molar-refractivity contribution in [2.24, 2.45) is 11.1 Å². The molecule has 2 aliphatic rings. The number of ether oxygens (including phenoxy) is 1. The van der Waals surface area contributed by atoms with Gasteiger partial charge < -0.3 is 20.3 Å². The quantitative estimate of drug-likeness (QED) is 0.590. The Balaban J connectivity index is 0.00000324. The maximum absolute atomic E-state index is 12.7. The Bertz CT molecular complexity index is 933. The lowest BCUT2D eigenvalue weighted by Gasteiger charge is -2.39. The maximum atomic E-state index is 12.7. The molecular weight excluding hydrogens is 467 g/mol. The molecule has 2 N–H and O–H groups in total.